The molecule has 0 bridgehead atoms. The number of ether oxygens (including phenoxy) is 1. The van der Waals surface area contributed by atoms with Crippen molar-refractivity contribution in [2.24, 2.45) is 4.99 Å². The highest BCUT2D eigenvalue weighted by Gasteiger charge is 2.32. The molecular weight excluding hydrogens is 635 g/mol. The van der Waals surface area contributed by atoms with Gasteiger partial charge in [-0.15, -0.1) is 0 Å². The molecule has 2 aliphatic rings. The summed E-state index contributed by atoms with van der Waals surface area (Å²) in [6.07, 6.45) is 3.53. The van der Waals surface area contributed by atoms with Gasteiger partial charge in [-0.05, 0) is 87.4 Å². The summed E-state index contributed by atoms with van der Waals surface area (Å²) in [6.45, 7) is 0.341. The standard InChI is InChI=1S/C34H23BrClFN2O2S/c35-27-17-20(9-16-29(27)41-19-23-6-2-4-8-28(23)36)18-30-33(40)39-32(22-10-13-24(37)14-11-22)26-15-12-21-5-1-3-7-25(21)31(26)38-34(39)42-30/h1-11,13-14,16-18,32H,12,15,19H2/b30-18+/t32-/m0/s1. The first-order valence-electron chi connectivity index (χ1n) is 13.5. The summed E-state index contributed by atoms with van der Waals surface area (Å²) in [4.78, 5) is 19.6. The third-order valence-electron chi connectivity index (χ3n) is 7.65. The van der Waals surface area contributed by atoms with Gasteiger partial charge in [-0.25, -0.2) is 9.38 Å². The van der Waals surface area contributed by atoms with Gasteiger partial charge in [0.15, 0.2) is 4.80 Å². The maximum atomic E-state index is 14.0. The first kappa shape index (κ1) is 27.1. The average Bonchev–Trinajstić information content (AvgIpc) is 3.31. The third-order valence-corrected chi connectivity index (χ3v) is 9.62. The van der Waals surface area contributed by atoms with Gasteiger partial charge in [-0.3, -0.25) is 9.36 Å². The highest BCUT2D eigenvalue weighted by atomic mass is 79.9. The minimum Gasteiger partial charge on any atom is -0.488 e. The molecule has 1 atom stereocenters. The van der Waals surface area contributed by atoms with Crippen molar-refractivity contribution in [2.75, 3.05) is 0 Å². The van der Waals surface area contributed by atoms with E-state index in [1.165, 1.54) is 29.0 Å². The summed E-state index contributed by atoms with van der Waals surface area (Å²) >= 11 is 11.3. The fourth-order valence-electron chi connectivity index (χ4n) is 5.61. The second-order valence-electron chi connectivity index (χ2n) is 10.2. The van der Waals surface area contributed by atoms with Crippen molar-refractivity contribution >= 4 is 50.6 Å². The summed E-state index contributed by atoms with van der Waals surface area (Å²) in [6, 6.07) is 27.7. The van der Waals surface area contributed by atoms with Crippen molar-refractivity contribution in [3.05, 3.63) is 159 Å². The number of fused-ring (bicyclic) bond motifs is 3. The number of hydrogen-bond acceptors (Lipinski definition) is 4. The number of rotatable bonds is 5. The molecule has 7 rings (SSSR count). The summed E-state index contributed by atoms with van der Waals surface area (Å²) in [5.41, 5.74) is 6.85. The first-order valence-corrected chi connectivity index (χ1v) is 15.5. The van der Waals surface area contributed by atoms with Gasteiger partial charge in [0.25, 0.3) is 5.56 Å². The van der Waals surface area contributed by atoms with E-state index in [1.807, 2.05) is 60.7 Å². The smallest absolute Gasteiger partial charge is 0.271 e. The summed E-state index contributed by atoms with van der Waals surface area (Å²) < 4.78 is 23.0. The van der Waals surface area contributed by atoms with E-state index in [0.29, 0.717) is 26.7 Å². The average molecular weight is 658 g/mol. The molecule has 5 aromatic rings. The molecule has 4 aromatic carbocycles. The second-order valence-corrected chi connectivity index (χ2v) is 12.5. The number of hydrogen-bond donors (Lipinski definition) is 0. The minimum absolute atomic E-state index is 0.117. The monoisotopic (exact) mass is 656 g/mol. The van der Waals surface area contributed by atoms with Crippen LogP contribution in [0.2, 0.25) is 5.02 Å². The van der Waals surface area contributed by atoms with Crippen molar-refractivity contribution < 1.29 is 9.13 Å². The molecule has 8 heteroatoms. The van der Waals surface area contributed by atoms with Crippen LogP contribution >= 0.6 is 38.9 Å². The van der Waals surface area contributed by atoms with Crippen LogP contribution in [0.4, 0.5) is 4.39 Å². The lowest BCUT2D eigenvalue weighted by Gasteiger charge is -2.30. The van der Waals surface area contributed by atoms with Crippen LogP contribution < -0.4 is 19.6 Å². The van der Waals surface area contributed by atoms with Crippen molar-refractivity contribution in [2.45, 2.75) is 25.5 Å². The topological polar surface area (TPSA) is 43.6 Å². The molecule has 0 saturated carbocycles. The Bertz CT molecular complexity index is 2070. The maximum Gasteiger partial charge on any atom is 0.271 e. The third kappa shape index (κ3) is 4.96. The number of aromatic nitrogens is 1. The van der Waals surface area contributed by atoms with Gasteiger partial charge in [-0.1, -0.05) is 83.6 Å². The molecule has 2 heterocycles. The van der Waals surface area contributed by atoms with Crippen LogP contribution in [-0.2, 0) is 13.0 Å². The van der Waals surface area contributed by atoms with Crippen molar-refractivity contribution in [1.29, 1.82) is 0 Å². The largest absolute Gasteiger partial charge is 0.488 e. The quantitative estimate of drug-likeness (QED) is 0.197. The van der Waals surface area contributed by atoms with Gasteiger partial charge in [0, 0.05) is 16.1 Å². The Morgan fingerprint density at radius 2 is 1.81 bits per heavy atom. The van der Waals surface area contributed by atoms with Crippen molar-refractivity contribution in [3.63, 3.8) is 0 Å². The number of allylic oxidation sites excluding steroid dienone is 1. The number of benzene rings is 4. The lowest BCUT2D eigenvalue weighted by atomic mass is 9.83. The Hall–Kier alpha value is -3.78. The second kappa shape index (κ2) is 11.1. The van der Waals surface area contributed by atoms with E-state index in [-0.39, 0.29) is 17.4 Å². The van der Waals surface area contributed by atoms with Gasteiger partial charge in [0.2, 0.25) is 0 Å². The van der Waals surface area contributed by atoms with Gasteiger partial charge in [-0.2, -0.15) is 0 Å². The molecule has 1 aliphatic heterocycles. The molecule has 0 radical (unpaired) electrons. The fourth-order valence-corrected chi connectivity index (χ4v) is 7.32. The van der Waals surface area contributed by atoms with E-state index in [4.69, 9.17) is 21.3 Å². The molecule has 0 saturated heterocycles. The Kier molecular flexibility index (Phi) is 7.18. The molecule has 4 nitrogen and oxygen atoms in total. The van der Waals surface area contributed by atoms with Crippen LogP contribution in [0.3, 0.4) is 0 Å². The number of halogens is 3. The Labute approximate surface area is 258 Å². The highest BCUT2D eigenvalue weighted by Crippen LogP contribution is 2.41. The number of aryl methyl sites for hydroxylation is 1. The van der Waals surface area contributed by atoms with Crippen LogP contribution in [0.5, 0.6) is 5.75 Å². The zero-order valence-corrected chi connectivity index (χ0v) is 25.3. The fraction of sp³-hybridized carbons (Fsp3) is 0.118. The molecule has 208 valence electrons. The molecule has 0 N–H and O–H groups in total. The lowest BCUT2D eigenvalue weighted by molar-refractivity contribution is 0.304. The zero-order valence-electron chi connectivity index (χ0n) is 22.2. The van der Waals surface area contributed by atoms with E-state index >= 15 is 0 Å². The molecule has 0 unspecified atom stereocenters. The van der Waals surface area contributed by atoms with Gasteiger partial charge in [0.05, 0.1) is 20.7 Å². The molecule has 0 spiro atoms. The van der Waals surface area contributed by atoms with E-state index < -0.39 is 0 Å². The summed E-state index contributed by atoms with van der Waals surface area (Å²) in [7, 11) is 0. The van der Waals surface area contributed by atoms with E-state index in [0.717, 1.165) is 50.8 Å². The normalized spacial score (nSPS) is 16.0. The molecule has 0 fully saturated rings. The summed E-state index contributed by atoms with van der Waals surface area (Å²) in [5.74, 6) is 0.371. The molecule has 1 aliphatic carbocycles. The predicted octanol–water partition coefficient (Wildman–Crippen LogP) is 7.45. The Morgan fingerprint density at radius 1 is 1.02 bits per heavy atom. The van der Waals surface area contributed by atoms with Crippen LogP contribution in [0.1, 0.15) is 40.3 Å². The van der Waals surface area contributed by atoms with E-state index in [1.54, 1.807) is 16.7 Å². The van der Waals surface area contributed by atoms with Crippen molar-refractivity contribution in [3.8, 4) is 5.75 Å². The van der Waals surface area contributed by atoms with E-state index in [2.05, 4.69) is 28.1 Å². The van der Waals surface area contributed by atoms with Crippen molar-refractivity contribution in [1.82, 2.24) is 4.57 Å². The summed E-state index contributed by atoms with van der Waals surface area (Å²) in [5, 5.41) is 0.657. The van der Waals surface area contributed by atoms with Gasteiger partial charge in [0.1, 0.15) is 18.2 Å². The van der Waals surface area contributed by atoms with Crippen LogP contribution in [0.25, 0.3) is 11.8 Å². The lowest BCUT2D eigenvalue weighted by Crippen LogP contribution is -2.38. The van der Waals surface area contributed by atoms with Crippen LogP contribution in [0.15, 0.2) is 111 Å². The van der Waals surface area contributed by atoms with Crippen LogP contribution in [-0.4, -0.2) is 4.57 Å². The van der Waals surface area contributed by atoms with Crippen LogP contribution in [0, 0.1) is 5.82 Å². The molecule has 0 amide bonds. The Balaban J connectivity index is 1.29. The zero-order chi connectivity index (χ0) is 28.8. The minimum atomic E-state index is -0.348. The Morgan fingerprint density at radius 3 is 2.62 bits per heavy atom. The predicted molar refractivity (Wildman–Crippen MR) is 169 cm³/mol. The maximum absolute atomic E-state index is 14.0. The highest BCUT2D eigenvalue weighted by molar-refractivity contribution is 9.10. The number of nitrogens with zero attached hydrogens (tertiary/aromatic N) is 2. The molecular formula is C34H23BrClFN2O2S. The van der Waals surface area contributed by atoms with Gasteiger partial charge < -0.3 is 4.74 Å². The first-order chi connectivity index (χ1) is 20.5. The number of thiazole rings is 1. The molecule has 1 aromatic heterocycles. The SMILES string of the molecule is O=c1/c(=C\c2ccc(OCc3ccccc3Cl)c(Br)c2)sc2n1[C@@H](c1ccc(F)cc1)C1=C(N=2)c2ccccc2CC1. The molecule has 42 heavy (non-hydrogen) atoms. The van der Waals surface area contributed by atoms with E-state index in [9.17, 15) is 9.18 Å². The van der Waals surface area contributed by atoms with Gasteiger partial charge >= 0.3 is 0 Å².